The highest BCUT2D eigenvalue weighted by atomic mass is 35.5. The molecular formula is C17H22Cl3N3OS. The van der Waals surface area contributed by atoms with Crippen LogP contribution in [-0.4, -0.2) is 41.0 Å². The van der Waals surface area contributed by atoms with Gasteiger partial charge in [0.1, 0.15) is 9.88 Å². The predicted molar refractivity (Wildman–Crippen MR) is 110 cm³/mol. The van der Waals surface area contributed by atoms with E-state index in [2.05, 4.69) is 24.1 Å². The summed E-state index contributed by atoms with van der Waals surface area (Å²) in [6, 6.07) is 8.03. The number of rotatable bonds is 2. The van der Waals surface area contributed by atoms with Crippen LogP contribution in [0.4, 0.5) is 0 Å². The van der Waals surface area contributed by atoms with Crippen molar-refractivity contribution in [2.24, 2.45) is 0 Å². The van der Waals surface area contributed by atoms with Gasteiger partial charge < -0.3 is 10.2 Å². The van der Waals surface area contributed by atoms with Crippen LogP contribution in [0.1, 0.15) is 29.2 Å². The van der Waals surface area contributed by atoms with Crippen molar-refractivity contribution < 1.29 is 4.79 Å². The monoisotopic (exact) mass is 421 g/mol. The molecule has 1 N–H and O–H groups in total. The van der Waals surface area contributed by atoms with Crippen molar-refractivity contribution in [3.05, 3.63) is 39.9 Å². The molecule has 138 valence electrons. The minimum Gasteiger partial charge on any atom is -0.332 e. The number of piperazine rings is 1. The van der Waals surface area contributed by atoms with E-state index in [-0.39, 0.29) is 36.8 Å². The zero-order valence-corrected chi connectivity index (χ0v) is 17.5. The van der Waals surface area contributed by atoms with E-state index in [1.807, 2.05) is 36.1 Å². The van der Waals surface area contributed by atoms with Crippen LogP contribution in [0.5, 0.6) is 0 Å². The molecule has 0 spiro atoms. The fourth-order valence-electron chi connectivity index (χ4n) is 2.78. The molecule has 3 rings (SSSR count). The molecule has 4 nitrogen and oxygen atoms in total. The van der Waals surface area contributed by atoms with E-state index >= 15 is 0 Å². The van der Waals surface area contributed by atoms with E-state index < -0.39 is 0 Å². The molecule has 1 aliphatic heterocycles. The molecular weight excluding hydrogens is 401 g/mol. The number of hydrogen-bond donors (Lipinski definition) is 1. The fourth-order valence-corrected chi connectivity index (χ4v) is 3.94. The Morgan fingerprint density at radius 1 is 1.28 bits per heavy atom. The molecule has 0 bridgehead atoms. The van der Waals surface area contributed by atoms with Crippen molar-refractivity contribution in [2.75, 3.05) is 13.1 Å². The number of aryl methyl sites for hydroxylation is 1. The summed E-state index contributed by atoms with van der Waals surface area (Å²) in [5.74, 6) is 0.0843. The summed E-state index contributed by atoms with van der Waals surface area (Å²) in [4.78, 5) is 20.2. The summed E-state index contributed by atoms with van der Waals surface area (Å²) >= 11 is 7.39. The number of aromatic nitrogens is 1. The van der Waals surface area contributed by atoms with E-state index in [1.165, 1.54) is 11.3 Å². The average Bonchev–Trinajstić information content (AvgIpc) is 2.92. The Labute approximate surface area is 169 Å². The second kappa shape index (κ2) is 9.19. The zero-order chi connectivity index (χ0) is 16.6. The van der Waals surface area contributed by atoms with Crippen LogP contribution < -0.4 is 5.32 Å². The molecule has 2 heterocycles. The molecule has 1 fully saturated rings. The summed E-state index contributed by atoms with van der Waals surface area (Å²) in [5, 5.41) is 4.96. The number of halogens is 3. The molecule has 2 atom stereocenters. The molecule has 0 saturated carbocycles. The second-order valence-electron chi connectivity index (χ2n) is 5.92. The van der Waals surface area contributed by atoms with Crippen LogP contribution in [0, 0.1) is 6.92 Å². The fraction of sp³-hybridized carbons (Fsp3) is 0.412. The van der Waals surface area contributed by atoms with Crippen LogP contribution in [0.2, 0.25) is 5.02 Å². The molecule has 2 unspecified atom stereocenters. The maximum Gasteiger partial charge on any atom is 0.266 e. The van der Waals surface area contributed by atoms with Crippen LogP contribution >= 0.6 is 47.8 Å². The van der Waals surface area contributed by atoms with Crippen LogP contribution in [-0.2, 0) is 0 Å². The van der Waals surface area contributed by atoms with Gasteiger partial charge in [-0.25, -0.2) is 4.98 Å². The SMILES string of the molecule is Cc1nc(-c2ccc(Cl)cc2)sc1C(=O)N1CCNC(C)C1C.Cl.Cl. The van der Waals surface area contributed by atoms with Crippen molar-refractivity contribution in [3.63, 3.8) is 0 Å². The third kappa shape index (κ3) is 4.66. The van der Waals surface area contributed by atoms with Gasteiger partial charge in [-0.1, -0.05) is 23.7 Å². The molecule has 1 aliphatic rings. The van der Waals surface area contributed by atoms with Gasteiger partial charge in [0.05, 0.1) is 5.69 Å². The van der Waals surface area contributed by atoms with E-state index in [0.717, 1.165) is 34.2 Å². The molecule has 2 aromatic rings. The second-order valence-corrected chi connectivity index (χ2v) is 7.36. The number of nitrogens with one attached hydrogen (secondary N) is 1. The topological polar surface area (TPSA) is 45.2 Å². The van der Waals surface area contributed by atoms with Gasteiger partial charge in [-0.2, -0.15) is 0 Å². The van der Waals surface area contributed by atoms with Crippen molar-refractivity contribution >= 4 is 53.7 Å². The number of nitrogens with zero attached hydrogens (tertiary/aromatic N) is 2. The Morgan fingerprint density at radius 3 is 2.56 bits per heavy atom. The molecule has 1 saturated heterocycles. The van der Waals surface area contributed by atoms with Gasteiger partial charge in [0, 0.05) is 35.8 Å². The summed E-state index contributed by atoms with van der Waals surface area (Å²) in [6.45, 7) is 7.67. The number of carbonyl (C=O) groups is 1. The van der Waals surface area contributed by atoms with Crippen LogP contribution in [0.25, 0.3) is 10.6 Å². The maximum absolute atomic E-state index is 12.9. The Bertz CT molecular complexity index is 720. The zero-order valence-electron chi connectivity index (χ0n) is 14.3. The lowest BCUT2D eigenvalue weighted by atomic mass is 10.1. The molecule has 0 radical (unpaired) electrons. The first kappa shape index (κ1) is 22.2. The third-order valence-corrected chi connectivity index (χ3v) is 5.82. The highest BCUT2D eigenvalue weighted by Gasteiger charge is 2.30. The number of benzene rings is 1. The minimum absolute atomic E-state index is 0. The summed E-state index contributed by atoms with van der Waals surface area (Å²) < 4.78 is 0. The first-order valence-corrected chi connectivity index (χ1v) is 8.94. The van der Waals surface area contributed by atoms with Crippen LogP contribution in [0.15, 0.2) is 24.3 Å². The van der Waals surface area contributed by atoms with Gasteiger partial charge in [-0.05, 0) is 32.9 Å². The van der Waals surface area contributed by atoms with Gasteiger partial charge in [-0.3, -0.25) is 4.79 Å². The van der Waals surface area contributed by atoms with Crippen LogP contribution in [0.3, 0.4) is 0 Å². The lowest BCUT2D eigenvalue weighted by Gasteiger charge is -2.38. The van der Waals surface area contributed by atoms with Gasteiger partial charge >= 0.3 is 0 Å². The molecule has 8 heteroatoms. The van der Waals surface area contributed by atoms with E-state index in [0.29, 0.717) is 11.1 Å². The predicted octanol–water partition coefficient (Wildman–Crippen LogP) is 4.44. The normalized spacial score (nSPS) is 19.8. The van der Waals surface area contributed by atoms with Crippen molar-refractivity contribution in [2.45, 2.75) is 32.9 Å². The van der Waals surface area contributed by atoms with Gasteiger partial charge in [0.2, 0.25) is 0 Å². The third-order valence-electron chi connectivity index (χ3n) is 4.38. The number of amides is 1. The number of thiazole rings is 1. The Hall–Kier alpha value is -0.850. The number of carbonyl (C=O) groups excluding carboxylic acids is 1. The van der Waals surface area contributed by atoms with Gasteiger partial charge in [0.15, 0.2) is 0 Å². The largest absolute Gasteiger partial charge is 0.332 e. The quantitative estimate of drug-likeness (QED) is 0.778. The van der Waals surface area contributed by atoms with E-state index in [4.69, 9.17) is 11.6 Å². The lowest BCUT2D eigenvalue weighted by molar-refractivity contribution is 0.0607. The first-order chi connectivity index (χ1) is 11.0. The molecule has 0 aliphatic carbocycles. The summed E-state index contributed by atoms with van der Waals surface area (Å²) in [5.41, 5.74) is 1.78. The van der Waals surface area contributed by atoms with Crippen molar-refractivity contribution in [1.82, 2.24) is 15.2 Å². The standard InChI is InChI=1S/C17H20ClN3OS.2ClH/c1-10-12(3)21(9-8-19-10)17(22)15-11(2)20-16(23-15)13-4-6-14(18)7-5-13;;/h4-7,10,12,19H,8-9H2,1-3H3;2*1H. The molecule has 1 amide bonds. The minimum atomic E-state index is 0. The Kier molecular flexibility index (Phi) is 8.16. The highest BCUT2D eigenvalue weighted by molar-refractivity contribution is 7.17. The van der Waals surface area contributed by atoms with Gasteiger partial charge in [0.25, 0.3) is 5.91 Å². The molecule has 1 aromatic carbocycles. The lowest BCUT2D eigenvalue weighted by Crippen LogP contribution is -2.57. The highest BCUT2D eigenvalue weighted by Crippen LogP contribution is 2.30. The Morgan fingerprint density at radius 2 is 1.92 bits per heavy atom. The number of hydrogen-bond acceptors (Lipinski definition) is 4. The summed E-state index contributed by atoms with van der Waals surface area (Å²) in [6.07, 6.45) is 0. The Balaban J connectivity index is 0.00000156. The summed E-state index contributed by atoms with van der Waals surface area (Å²) in [7, 11) is 0. The van der Waals surface area contributed by atoms with Crippen molar-refractivity contribution in [1.29, 1.82) is 0 Å². The smallest absolute Gasteiger partial charge is 0.266 e. The van der Waals surface area contributed by atoms with E-state index in [1.54, 1.807) is 0 Å². The van der Waals surface area contributed by atoms with E-state index in [9.17, 15) is 4.79 Å². The van der Waals surface area contributed by atoms with Gasteiger partial charge in [-0.15, -0.1) is 36.2 Å². The maximum atomic E-state index is 12.9. The molecule has 1 aromatic heterocycles. The first-order valence-electron chi connectivity index (χ1n) is 7.75. The average molecular weight is 423 g/mol. The van der Waals surface area contributed by atoms with Crippen molar-refractivity contribution in [3.8, 4) is 10.6 Å². The molecule has 25 heavy (non-hydrogen) atoms.